The molecule has 1 saturated carbocycles. The molecule has 0 unspecified atom stereocenters. The van der Waals surface area contributed by atoms with Gasteiger partial charge in [-0.1, -0.05) is 0 Å². The highest BCUT2D eigenvalue weighted by molar-refractivity contribution is 5.98. The molecule has 1 aliphatic carbocycles. The van der Waals surface area contributed by atoms with E-state index in [1.54, 1.807) is 0 Å². The number of aliphatic hydroxyl groups is 1. The lowest BCUT2D eigenvalue weighted by Crippen LogP contribution is -2.53. The number of likely N-dealkylation sites (tertiary alicyclic amines) is 1. The highest BCUT2D eigenvalue weighted by Gasteiger charge is 2.48. The molecule has 2 amide bonds. The minimum absolute atomic E-state index is 0.0691. The maximum absolute atomic E-state index is 14.8. The monoisotopic (exact) mass is 537 g/mol. The molecule has 4 heterocycles. The van der Waals surface area contributed by atoms with Gasteiger partial charge in [-0.25, -0.2) is 18.9 Å². The molecule has 202 valence electrons. The Labute approximate surface area is 212 Å². The lowest BCUT2D eigenvalue weighted by molar-refractivity contribution is -0.159. The average Bonchev–Trinajstić information content (AvgIpc) is 3.43. The van der Waals surface area contributed by atoms with Crippen LogP contribution in [0.2, 0.25) is 0 Å². The van der Waals surface area contributed by atoms with Crippen molar-refractivity contribution in [2.75, 3.05) is 25.9 Å². The van der Waals surface area contributed by atoms with Gasteiger partial charge in [-0.3, -0.25) is 9.59 Å². The molecule has 11 nitrogen and oxygen atoms in total. The van der Waals surface area contributed by atoms with Crippen LogP contribution in [0.5, 0.6) is 5.88 Å². The number of anilines is 1. The number of alkyl halides is 4. The van der Waals surface area contributed by atoms with Gasteiger partial charge in [0.2, 0.25) is 5.88 Å². The van der Waals surface area contributed by atoms with Crippen LogP contribution in [0.4, 0.5) is 23.4 Å². The Kier molecular flexibility index (Phi) is 6.12. The standard InChI is InChI=1S/C23H23F4N7O4/c1-38-20-12(19(35)32-15-9-33(8-14(15)24)21(36)22(37)3-2-4-22)5-11(7-29-20)16-6-13(23(25,26)27)17-18(28)30-10-31-34(16)17/h5-7,10,14-15,37H,2-4,8-9H2,1H3,(H,32,35)(H2,28,30,31)/t14-,15+/m0/s1. The molecular weight excluding hydrogens is 514 g/mol. The Hall–Kier alpha value is -4.01. The van der Waals surface area contributed by atoms with Gasteiger partial charge in [-0.05, 0) is 31.4 Å². The Balaban J connectivity index is 1.45. The van der Waals surface area contributed by atoms with E-state index in [0.29, 0.717) is 19.3 Å². The normalized spacial score (nSPS) is 20.8. The van der Waals surface area contributed by atoms with Crippen LogP contribution >= 0.6 is 0 Å². The number of carbonyl (C=O) groups is 2. The Morgan fingerprint density at radius 1 is 1.24 bits per heavy atom. The number of methoxy groups -OCH3 is 1. The first kappa shape index (κ1) is 25.6. The van der Waals surface area contributed by atoms with Gasteiger partial charge in [-0.15, -0.1) is 0 Å². The lowest BCUT2D eigenvalue weighted by Gasteiger charge is -2.37. The van der Waals surface area contributed by atoms with Crippen LogP contribution in [0.1, 0.15) is 35.2 Å². The largest absolute Gasteiger partial charge is 0.480 e. The molecule has 5 rings (SSSR count). The summed E-state index contributed by atoms with van der Waals surface area (Å²) in [6.07, 6.45) is -2.89. The second-order valence-electron chi connectivity index (χ2n) is 9.32. The van der Waals surface area contributed by atoms with E-state index in [1.165, 1.54) is 24.3 Å². The van der Waals surface area contributed by atoms with Crippen molar-refractivity contribution in [2.24, 2.45) is 0 Å². The Morgan fingerprint density at radius 3 is 2.61 bits per heavy atom. The number of rotatable bonds is 5. The van der Waals surface area contributed by atoms with E-state index in [0.717, 1.165) is 16.9 Å². The molecule has 2 aliphatic rings. The highest BCUT2D eigenvalue weighted by Crippen LogP contribution is 2.39. The summed E-state index contributed by atoms with van der Waals surface area (Å²) in [5.41, 5.74) is 2.50. The summed E-state index contributed by atoms with van der Waals surface area (Å²) in [7, 11) is 1.24. The molecular formula is C23H23F4N7O4. The van der Waals surface area contributed by atoms with Gasteiger partial charge < -0.3 is 25.8 Å². The van der Waals surface area contributed by atoms with Crippen LogP contribution in [-0.2, 0) is 11.0 Å². The first-order valence-electron chi connectivity index (χ1n) is 11.6. The Bertz CT molecular complexity index is 1420. The number of hydrogen-bond acceptors (Lipinski definition) is 8. The third-order valence-electron chi connectivity index (χ3n) is 6.90. The molecule has 3 aromatic rings. The van der Waals surface area contributed by atoms with Gasteiger partial charge in [-0.2, -0.15) is 18.3 Å². The third-order valence-corrected chi connectivity index (χ3v) is 6.90. The van der Waals surface area contributed by atoms with Gasteiger partial charge >= 0.3 is 6.18 Å². The number of nitrogens with zero attached hydrogens (tertiary/aromatic N) is 5. The molecule has 2 fully saturated rings. The van der Waals surface area contributed by atoms with E-state index in [-0.39, 0.29) is 41.6 Å². The second kappa shape index (κ2) is 9.08. The first-order valence-corrected chi connectivity index (χ1v) is 11.6. The number of nitrogens with two attached hydrogens (primary N) is 1. The van der Waals surface area contributed by atoms with E-state index < -0.39 is 46.9 Å². The molecule has 38 heavy (non-hydrogen) atoms. The molecule has 15 heteroatoms. The number of nitrogens with one attached hydrogen (secondary N) is 1. The lowest BCUT2D eigenvalue weighted by atomic mass is 9.79. The van der Waals surface area contributed by atoms with Crippen molar-refractivity contribution in [3.05, 3.63) is 35.8 Å². The quantitative estimate of drug-likeness (QED) is 0.416. The van der Waals surface area contributed by atoms with Crippen molar-refractivity contribution in [1.82, 2.24) is 29.8 Å². The molecule has 2 atom stereocenters. The highest BCUT2D eigenvalue weighted by atomic mass is 19.4. The number of fused-ring (bicyclic) bond motifs is 1. The van der Waals surface area contributed by atoms with E-state index in [4.69, 9.17) is 10.5 Å². The minimum Gasteiger partial charge on any atom is -0.480 e. The number of ether oxygens (including phenoxy) is 1. The summed E-state index contributed by atoms with van der Waals surface area (Å²) < 4.78 is 62.0. The third kappa shape index (κ3) is 4.25. The average molecular weight is 537 g/mol. The zero-order valence-electron chi connectivity index (χ0n) is 20.0. The van der Waals surface area contributed by atoms with Crippen LogP contribution in [0.3, 0.4) is 0 Å². The number of aromatic nitrogens is 4. The van der Waals surface area contributed by atoms with Crippen molar-refractivity contribution in [1.29, 1.82) is 0 Å². The van der Waals surface area contributed by atoms with Gasteiger partial charge in [0.25, 0.3) is 11.8 Å². The van der Waals surface area contributed by atoms with Gasteiger partial charge in [0, 0.05) is 18.3 Å². The molecule has 0 bridgehead atoms. The number of hydrogen-bond donors (Lipinski definition) is 3. The molecule has 1 saturated heterocycles. The number of carbonyl (C=O) groups excluding carboxylic acids is 2. The van der Waals surface area contributed by atoms with E-state index in [9.17, 15) is 32.3 Å². The zero-order chi connectivity index (χ0) is 27.4. The smallest absolute Gasteiger partial charge is 0.418 e. The summed E-state index contributed by atoms with van der Waals surface area (Å²) >= 11 is 0. The molecule has 3 aromatic heterocycles. The SMILES string of the molecule is COc1ncc(-c2cc(C(F)(F)F)c3c(N)ncnn23)cc1C(=O)N[C@@H]1CN(C(=O)C2(O)CCC2)C[C@@H]1F. The predicted molar refractivity (Wildman–Crippen MR) is 124 cm³/mol. The van der Waals surface area contributed by atoms with Gasteiger partial charge in [0.15, 0.2) is 5.82 Å². The van der Waals surface area contributed by atoms with Gasteiger partial charge in [0.05, 0.1) is 31.0 Å². The minimum atomic E-state index is -4.77. The van der Waals surface area contributed by atoms with Crippen molar-refractivity contribution in [2.45, 2.75) is 43.3 Å². The zero-order valence-corrected chi connectivity index (χ0v) is 20.0. The summed E-state index contributed by atoms with van der Waals surface area (Å²) in [6, 6.07) is 0.972. The summed E-state index contributed by atoms with van der Waals surface area (Å²) in [4.78, 5) is 34.6. The fourth-order valence-electron chi connectivity index (χ4n) is 4.74. The molecule has 0 radical (unpaired) electrons. The molecule has 4 N–H and O–H groups in total. The van der Waals surface area contributed by atoms with E-state index >= 15 is 0 Å². The van der Waals surface area contributed by atoms with Crippen molar-refractivity contribution < 1.29 is 37.0 Å². The molecule has 0 spiro atoms. The predicted octanol–water partition coefficient (Wildman–Crippen LogP) is 1.59. The summed E-state index contributed by atoms with van der Waals surface area (Å²) in [6.45, 7) is -0.447. The molecule has 1 aliphatic heterocycles. The second-order valence-corrected chi connectivity index (χ2v) is 9.32. The van der Waals surface area contributed by atoms with Crippen molar-refractivity contribution >= 4 is 23.1 Å². The van der Waals surface area contributed by atoms with Gasteiger partial charge in [0.1, 0.15) is 29.2 Å². The number of nitrogen functional groups attached to an aromatic ring is 1. The van der Waals surface area contributed by atoms with E-state index in [1.807, 2.05) is 0 Å². The number of halogens is 4. The topological polar surface area (TPSA) is 148 Å². The maximum Gasteiger partial charge on any atom is 0.418 e. The van der Waals surface area contributed by atoms with Crippen LogP contribution in [0, 0.1) is 0 Å². The van der Waals surface area contributed by atoms with Crippen LogP contribution in [0.25, 0.3) is 16.8 Å². The number of amides is 2. The fraction of sp³-hybridized carbons (Fsp3) is 0.435. The maximum atomic E-state index is 14.8. The van der Waals surface area contributed by atoms with Crippen LogP contribution in [0.15, 0.2) is 24.7 Å². The summed E-state index contributed by atoms with van der Waals surface area (Å²) in [5.74, 6) is -1.93. The first-order chi connectivity index (χ1) is 17.9. The Morgan fingerprint density at radius 2 is 1.97 bits per heavy atom. The van der Waals surface area contributed by atoms with E-state index in [2.05, 4.69) is 20.4 Å². The van der Waals surface area contributed by atoms with Crippen molar-refractivity contribution in [3.8, 4) is 17.1 Å². The molecule has 0 aromatic carbocycles. The van der Waals surface area contributed by atoms with Crippen LogP contribution < -0.4 is 15.8 Å². The fourth-order valence-corrected chi connectivity index (χ4v) is 4.74. The summed E-state index contributed by atoms with van der Waals surface area (Å²) in [5, 5.41) is 16.7. The number of pyridine rings is 1. The van der Waals surface area contributed by atoms with Crippen LogP contribution in [-0.4, -0.2) is 79.4 Å². The van der Waals surface area contributed by atoms with Crippen molar-refractivity contribution in [3.63, 3.8) is 0 Å².